The largest absolute Gasteiger partial charge is 0.339 e. The van der Waals surface area contributed by atoms with Gasteiger partial charge < -0.3 is 14.8 Å². The van der Waals surface area contributed by atoms with Crippen LogP contribution in [0.5, 0.6) is 0 Å². The number of nitrogens with one attached hydrogen (secondary N) is 1. The Morgan fingerprint density at radius 1 is 1.27 bits per heavy atom. The molecule has 0 saturated carbocycles. The van der Waals surface area contributed by atoms with Crippen LogP contribution in [-0.4, -0.2) is 76.8 Å². The summed E-state index contributed by atoms with van der Waals surface area (Å²) in [7, 11) is 2.08. The van der Waals surface area contributed by atoms with Crippen molar-refractivity contribution in [2.24, 2.45) is 0 Å². The molecule has 3 heterocycles. The van der Waals surface area contributed by atoms with Crippen molar-refractivity contribution >= 4 is 11.8 Å². The Balaban J connectivity index is 1.78. The van der Waals surface area contributed by atoms with E-state index in [0.29, 0.717) is 38.2 Å². The predicted molar refractivity (Wildman–Crippen MR) is 99.0 cm³/mol. The van der Waals surface area contributed by atoms with Gasteiger partial charge in [-0.1, -0.05) is 6.08 Å². The van der Waals surface area contributed by atoms with E-state index in [0.717, 1.165) is 19.4 Å². The first kappa shape index (κ1) is 18.4. The molecule has 3 rings (SSSR count). The maximum absolute atomic E-state index is 12.9. The average Bonchev–Trinajstić information content (AvgIpc) is 2.79. The van der Waals surface area contributed by atoms with Gasteiger partial charge in [-0.2, -0.15) is 0 Å². The number of carbonyl (C=O) groups is 2. The van der Waals surface area contributed by atoms with E-state index < -0.39 is 0 Å². The Hall–Kier alpha value is -2.41. The molecule has 2 aliphatic heterocycles. The average molecular weight is 358 g/mol. The third-order valence-corrected chi connectivity index (χ3v) is 5.67. The van der Waals surface area contributed by atoms with Gasteiger partial charge in [0.15, 0.2) is 0 Å². The lowest BCUT2D eigenvalue weighted by Crippen LogP contribution is -2.62. The molecular formula is C19H26N4O3. The number of hydrogen-bond acceptors (Lipinski definition) is 4. The molecule has 1 spiro atoms. The van der Waals surface area contributed by atoms with Crippen LogP contribution >= 0.6 is 0 Å². The molecule has 0 aromatic carbocycles. The van der Waals surface area contributed by atoms with Crippen LogP contribution in [0.25, 0.3) is 0 Å². The lowest BCUT2D eigenvalue weighted by molar-refractivity contribution is -0.130. The topological polar surface area (TPSA) is 76.7 Å². The van der Waals surface area contributed by atoms with Crippen molar-refractivity contribution in [2.75, 3.05) is 39.8 Å². The van der Waals surface area contributed by atoms with Crippen LogP contribution in [0.3, 0.4) is 0 Å². The van der Waals surface area contributed by atoms with Gasteiger partial charge in [-0.05, 0) is 26.0 Å². The van der Waals surface area contributed by atoms with Crippen molar-refractivity contribution in [3.8, 4) is 0 Å². The highest BCUT2D eigenvalue weighted by Gasteiger charge is 2.43. The molecule has 1 N–H and O–H groups in total. The van der Waals surface area contributed by atoms with Crippen LogP contribution in [-0.2, 0) is 4.79 Å². The molecular weight excluding hydrogens is 332 g/mol. The number of pyridine rings is 1. The molecule has 140 valence electrons. The monoisotopic (exact) mass is 358 g/mol. The van der Waals surface area contributed by atoms with E-state index in [4.69, 9.17) is 0 Å². The second-order valence-electron chi connectivity index (χ2n) is 7.19. The van der Waals surface area contributed by atoms with Gasteiger partial charge in [0.05, 0.1) is 5.56 Å². The molecule has 0 radical (unpaired) electrons. The molecule has 1 aromatic heterocycles. The minimum atomic E-state index is -0.221. The number of amides is 2. The van der Waals surface area contributed by atoms with E-state index in [2.05, 4.69) is 23.5 Å². The molecule has 0 aliphatic carbocycles. The molecule has 7 nitrogen and oxygen atoms in total. The summed E-state index contributed by atoms with van der Waals surface area (Å²) in [4.78, 5) is 45.0. The van der Waals surface area contributed by atoms with E-state index >= 15 is 0 Å². The quantitative estimate of drug-likeness (QED) is 0.807. The lowest BCUT2D eigenvalue weighted by atomic mass is 9.86. The van der Waals surface area contributed by atoms with Gasteiger partial charge in [-0.3, -0.25) is 19.3 Å². The minimum Gasteiger partial charge on any atom is -0.339 e. The number of nitrogens with zero attached hydrogens (tertiary/aromatic N) is 3. The molecule has 0 bridgehead atoms. The van der Waals surface area contributed by atoms with Crippen LogP contribution < -0.4 is 5.56 Å². The number of aromatic amines is 1. The summed E-state index contributed by atoms with van der Waals surface area (Å²) >= 11 is 0. The number of likely N-dealkylation sites (N-methyl/N-ethyl adjacent to an activating group) is 1. The van der Waals surface area contributed by atoms with Gasteiger partial charge in [0.1, 0.15) is 0 Å². The van der Waals surface area contributed by atoms with Gasteiger partial charge in [-0.25, -0.2) is 0 Å². The molecule has 2 aliphatic rings. The van der Waals surface area contributed by atoms with Crippen molar-refractivity contribution in [3.63, 3.8) is 0 Å². The van der Waals surface area contributed by atoms with Crippen molar-refractivity contribution in [1.29, 1.82) is 0 Å². The summed E-state index contributed by atoms with van der Waals surface area (Å²) in [5, 5.41) is 0. The van der Waals surface area contributed by atoms with Crippen LogP contribution in [0.2, 0.25) is 0 Å². The Morgan fingerprint density at radius 2 is 2.08 bits per heavy atom. The molecule has 7 heteroatoms. The highest BCUT2D eigenvalue weighted by Crippen LogP contribution is 2.32. The van der Waals surface area contributed by atoms with E-state index in [1.165, 1.54) is 12.3 Å². The standard InChI is InChI=1S/C19H26N4O3/c1-3-9-22-10-8-19(7-6-17(22)25)14-23(12-11-21(19)2)18(26)15-4-5-16(24)20-13-15/h3-5,13H,1,6-12,14H2,2H3,(H,20,24)/t19-/m0/s1. The number of rotatable bonds is 3. The molecule has 2 fully saturated rings. The highest BCUT2D eigenvalue weighted by atomic mass is 16.2. The zero-order chi connectivity index (χ0) is 18.7. The van der Waals surface area contributed by atoms with Crippen LogP contribution in [0, 0.1) is 0 Å². The Morgan fingerprint density at radius 3 is 2.77 bits per heavy atom. The number of piperazine rings is 1. The summed E-state index contributed by atoms with van der Waals surface area (Å²) < 4.78 is 0. The lowest BCUT2D eigenvalue weighted by Gasteiger charge is -2.49. The SMILES string of the molecule is C=CCN1CC[C@@]2(CCC1=O)CN(C(=O)c1ccc(=O)[nH]c1)CCN2C. The van der Waals surface area contributed by atoms with Crippen molar-refractivity contribution < 1.29 is 9.59 Å². The Bertz CT molecular complexity index is 739. The fourth-order valence-corrected chi connectivity index (χ4v) is 3.94. The number of H-pyrrole nitrogens is 1. The zero-order valence-electron chi connectivity index (χ0n) is 15.2. The Kier molecular flexibility index (Phi) is 5.27. The fourth-order valence-electron chi connectivity index (χ4n) is 3.94. The number of aromatic nitrogens is 1. The van der Waals surface area contributed by atoms with Crippen LogP contribution in [0.15, 0.2) is 35.8 Å². The second-order valence-corrected chi connectivity index (χ2v) is 7.19. The van der Waals surface area contributed by atoms with Crippen LogP contribution in [0.1, 0.15) is 29.6 Å². The van der Waals surface area contributed by atoms with Gasteiger partial charge in [0, 0.05) is 56.9 Å². The number of likely N-dealkylation sites (tertiary alicyclic amines) is 1. The summed E-state index contributed by atoms with van der Waals surface area (Å²) in [6, 6.07) is 2.94. The van der Waals surface area contributed by atoms with Gasteiger partial charge in [0.25, 0.3) is 5.91 Å². The molecule has 2 saturated heterocycles. The first-order valence-electron chi connectivity index (χ1n) is 9.03. The normalized spacial score (nSPS) is 24.6. The van der Waals surface area contributed by atoms with Crippen molar-refractivity contribution in [1.82, 2.24) is 19.7 Å². The summed E-state index contributed by atoms with van der Waals surface area (Å²) in [6.45, 7) is 6.98. The predicted octanol–water partition coefficient (Wildman–Crippen LogP) is 0.700. The van der Waals surface area contributed by atoms with Gasteiger partial charge >= 0.3 is 0 Å². The maximum atomic E-state index is 12.9. The highest BCUT2D eigenvalue weighted by molar-refractivity contribution is 5.94. The summed E-state index contributed by atoms with van der Waals surface area (Å²) in [5.41, 5.74) is 0.0741. The first-order valence-corrected chi connectivity index (χ1v) is 9.03. The Labute approximate surface area is 153 Å². The summed E-state index contributed by atoms with van der Waals surface area (Å²) in [6.07, 6.45) is 5.29. The second kappa shape index (κ2) is 7.45. The van der Waals surface area contributed by atoms with Gasteiger partial charge in [0.2, 0.25) is 11.5 Å². The van der Waals surface area contributed by atoms with E-state index in [9.17, 15) is 14.4 Å². The van der Waals surface area contributed by atoms with Crippen molar-refractivity contribution in [3.05, 3.63) is 46.9 Å². The molecule has 2 amide bonds. The van der Waals surface area contributed by atoms with E-state index in [1.54, 1.807) is 12.1 Å². The molecule has 0 unspecified atom stereocenters. The third-order valence-electron chi connectivity index (χ3n) is 5.67. The fraction of sp³-hybridized carbons (Fsp3) is 0.526. The maximum Gasteiger partial charge on any atom is 0.255 e. The minimum absolute atomic E-state index is 0.0766. The molecule has 1 atom stereocenters. The number of hydrogen-bond donors (Lipinski definition) is 1. The van der Waals surface area contributed by atoms with Crippen LogP contribution in [0.4, 0.5) is 0 Å². The molecule has 26 heavy (non-hydrogen) atoms. The smallest absolute Gasteiger partial charge is 0.255 e. The zero-order valence-corrected chi connectivity index (χ0v) is 15.2. The summed E-state index contributed by atoms with van der Waals surface area (Å²) in [5.74, 6) is 0.0755. The van der Waals surface area contributed by atoms with E-state index in [-0.39, 0.29) is 22.9 Å². The van der Waals surface area contributed by atoms with E-state index in [1.807, 2.05) is 9.80 Å². The third kappa shape index (κ3) is 3.58. The van der Waals surface area contributed by atoms with Crippen molar-refractivity contribution in [2.45, 2.75) is 24.8 Å². The first-order chi connectivity index (χ1) is 12.4. The molecule has 1 aromatic rings. The van der Waals surface area contributed by atoms with Gasteiger partial charge in [-0.15, -0.1) is 6.58 Å². The number of carbonyl (C=O) groups excluding carboxylic acids is 2.